The zero-order valence-corrected chi connectivity index (χ0v) is 14.6. The van der Waals surface area contributed by atoms with Crippen molar-refractivity contribution < 1.29 is 23.5 Å². The average Bonchev–Trinajstić information content (AvgIpc) is 3.34. The molecular weight excluding hydrogens is 346 g/mol. The van der Waals surface area contributed by atoms with Crippen LogP contribution in [0.3, 0.4) is 0 Å². The molecule has 2 heterocycles. The number of anilines is 1. The number of aliphatic hydroxyl groups excluding tert-OH is 1. The zero-order chi connectivity index (χ0) is 18.8. The first-order valence-corrected chi connectivity index (χ1v) is 8.36. The highest BCUT2D eigenvalue weighted by Gasteiger charge is 2.15. The van der Waals surface area contributed by atoms with Crippen LogP contribution < -0.4 is 10.1 Å². The molecule has 4 rings (SSSR count). The molecule has 0 atom stereocenters. The number of benzene rings is 2. The molecule has 6 nitrogen and oxygen atoms in total. The first kappa shape index (κ1) is 16.9. The lowest BCUT2D eigenvalue weighted by Crippen LogP contribution is -2.10. The monoisotopic (exact) mass is 363 g/mol. The van der Waals surface area contributed by atoms with E-state index in [-0.39, 0.29) is 18.3 Å². The number of para-hydroxylation sites is 1. The molecule has 0 aliphatic heterocycles. The van der Waals surface area contributed by atoms with Gasteiger partial charge < -0.3 is 24.0 Å². The summed E-state index contributed by atoms with van der Waals surface area (Å²) >= 11 is 0. The van der Waals surface area contributed by atoms with E-state index in [1.165, 1.54) is 0 Å². The maximum atomic E-state index is 12.5. The van der Waals surface area contributed by atoms with Crippen molar-refractivity contribution in [3.63, 3.8) is 0 Å². The Balaban J connectivity index is 1.63. The summed E-state index contributed by atoms with van der Waals surface area (Å²) in [5, 5.41) is 12.9. The number of ether oxygens (including phenoxy) is 1. The Morgan fingerprint density at radius 1 is 1.07 bits per heavy atom. The summed E-state index contributed by atoms with van der Waals surface area (Å²) in [6, 6.07) is 17.8. The summed E-state index contributed by atoms with van der Waals surface area (Å²) in [6.07, 6.45) is 0. The zero-order valence-electron chi connectivity index (χ0n) is 14.6. The molecule has 0 saturated heterocycles. The van der Waals surface area contributed by atoms with Crippen LogP contribution in [-0.4, -0.2) is 18.1 Å². The number of carbonyl (C=O) groups is 1. The normalized spacial score (nSPS) is 10.9. The Labute approximate surface area is 155 Å². The van der Waals surface area contributed by atoms with Gasteiger partial charge in [-0.05, 0) is 42.5 Å². The Bertz CT molecular complexity index is 1080. The molecule has 0 radical (unpaired) electrons. The maximum Gasteiger partial charge on any atom is 0.291 e. The minimum absolute atomic E-state index is 0.190. The topological polar surface area (TPSA) is 84.8 Å². The molecule has 2 aromatic carbocycles. The second kappa shape index (κ2) is 7.01. The number of rotatable bonds is 5. The molecule has 0 fully saturated rings. The minimum Gasteiger partial charge on any atom is -0.496 e. The number of hydrogen-bond donors (Lipinski definition) is 2. The van der Waals surface area contributed by atoms with Crippen LogP contribution in [0, 0.1) is 0 Å². The third kappa shape index (κ3) is 3.30. The number of nitrogens with one attached hydrogen (secondary N) is 1. The van der Waals surface area contributed by atoms with Crippen molar-refractivity contribution in [3.05, 3.63) is 72.2 Å². The highest BCUT2D eigenvalue weighted by atomic mass is 16.5. The fourth-order valence-electron chi connectivity index (χ4n) is 2.87. The van der Waals surface area contributed by atoms with Crippen molar-refractivity contribution in [1.82, 2.24) is 0 Å². The van der Waals surface area contributed by atoms with E-state index in [1.807, 2.05) is 24.3 Å². The van der Waals surface area contributed by atoms with Gasteiger partial charge in [0.1, 0.15) is 29.5 Å². The molecule has 27 heavy (non-hydrogen) atoms. The number of methoxy groups -OCH3 is 1. The molecule has 2 aromatic heterocycles. The van der Waals surface area contributed by atoms with Gasteiger partial charge in [0.15, 0.2) is 5.76 Å². The molecule has 0 spiro atoms. The second-order valence-electron chi connectivity index (χ2n) is 5.94. The van der Waals surface area contributed by atoms with E-state index >= 15 is 0 Å². The van der Waals surface area contributed by atoms with E-state index in [2.05, 4.69) is 5.32 Å². The molecule has 6 heteroatoms. The first-order valence-electron chi connectivity index (χ1n) is 8.36. The Morgan fingerprint density at radius 3 is 2.67 bits per heavy atom. The number of amides is 1. The van der Waals surface area contributed by atoms with Gasteiger partial charge in [0, 0.05) is 11.1 Å². The van der Waals surface area contributed by atoms with Crippen molar-refractivity contribution >= 4 is 22.6 Å². The van der Waals surface area contributed by atoms with Crippen molar-refractivity contribution in [2.75, 3.05) is 12.4 Å². The summed E-state index contributed by atoms with van der Waals surface area (Å²) < 4.78 is 16.6. The number of carbonyl (C=O) groups excluding carboxylic acids is 1. The second-order valence-corrected chi connectivity index (χ2v) is 5.94. The fourth-order valence-corrected chi connectivity index (χ4v) is 2.87. The molecular formula is C21H17NO5. The quantitative estimate of drug-likeness (QED) is 0.547. The molecule has 0 aliphatic carbocycles. The van der Waals surface area contributed by atoms with Crippen molar-refractivity contribution in [2.45, 2.75) is 6.61 Å². The van der Waals surface area contributed by atoms with Gasteiger partial charge >= 0.3 is 0 Å². The Hall–Kier alpha value is -3.51. The molecule has 0 saturated carbocycles. The van der Waals surface area contributed by atoms with Crippen LogP contribution in [-0.2, 0) is 6.61 Å². The molecule has 0 aliphatic rings. The van der Waals surface area contributed by atoms with Gasteiger partial charge in [0.05, 0.1) is 12.7 Å². The average molecular weight is 363 g/mol. The van der Waals surface area contributed by atoms with Crippen LogP contribution in [0.1, 0.15) is 16.3 Å². The van der Waals surface area contributed by atoms with E-state index in [4.69, 9.17) is 13.6 Å². The van der Waals surface area contributed by atoms with Crippen LogP contribution in [0.5, 0.6) is 5.75 Å². The lowest BCUT2D eigenvalue weighted by molar-refractivity contribution is 0.0998. The summed E-state index contributed by atoms with van der Waals surface area (Å²) in [4.78, 5) is 12.5. The largest absolute Gasteiger partial charge is 0.496 e. The lowest BCUT2D eigenvalue weighted by Gasteiger charge is -2.10. The van der Waals surface area contributed by atoms with Crippen LogP contribution >= 0.6 is 0 Å². The number of aliphatic hydroxyl groups is 1. The van der Waals surface area contributed by atoms with E-state index in [9.17, 15) is 9.90 Å². The molecule has 2 N–H and O–H groups in total. The number of hydrogen-bond acceptors (Lipinski definition) is 5. The van der Waals surface area contributed by atoms with Gasteiger partial charge in [-0.3, -0.25) is 4.79 Å². The summed E-state index contributed by atoms with van der Waals surface area (Å²) in [7, 11) is 1.56. The van der Waals surface area contributed by atoms with Crippen LogP contribution in [0.15, 0.2) is 69.5 Å². The van der Waals surface area contributed by atoms with Crippen molar-refractivity contribution in [2.24, 2.45) is 0 Å². The van der Waals surface area contributed by atoms with E-state index in [0.29, 0.717) is 34.1 Å². The van der Waals surface area contributed by atoms with Crippen LogP contribution in [0.2, 0.25) is 0 Å². The molecule has 0 bridgehead atoms. The predicted octanol–water partition coefficient (Wildman–Crippen LogP) is 4.45. The van der Waals surface area contributed by atoms with E-state index < -0.39 is 0 Å². The minimum atomic E-state index is -0.349. The van der Waals surface area contributed by atoms with E-state index in [0.717, 1.165) is 5.39 Å². The highest BCUT2D eigenvalue weighted by molar-refractivity contribution is 6.05. The molecule has 136 valence electrons. The van der Waals surface area contributed by atoms with Crippen LogP contribution in [0.4, 0.5) is 5.69 Å². The molecule has 4 aromatic rings. The van der Waals surface area contributed by atoms with Crippen molar-refractivity contribution in [3.8, 4) is 17.1 Å². The Morgan fingerprint density at radius 2 is 1.93 bits per heavy atom. The lowest BCUT2D eigenvalue weighted by atomic mass is 10.1. The maximum absolute atomic E-state index is 12.5. The summed E-state index contributed by atoms with van der Waals surface area (Å²) in [6.45, 7) is -0.190. The van der Waals surface area contributed by atoms with Crippen LogP contribution in [0.25, 0.3) is 22.3 Å². The summed E-state index contributed by atoms with van der Waals surface area (Å²) in [5.41, 5.74) is 1.89. The molecule has 0 unspecified atom stereocenters. The smallest absolute Gasteiger partial charge is 0.291 e. The van der Waals surface area contributed by atoms with Gasteiger partial charge in [-0.15, -0.1) is 0 Å². The summed E-state index contributed by atoms with van der Waals surface area (Å²) in [5.74, 6) is 1.46. The first-order chi connectivity index (χ1) is 13.2. The molecule has 1 amide bonds. The number of furan rings is 2. The van der Waals surface area contributed by atoms with Gasteiger partial charge in [0.25, 0.3) is 5.91 Å². The van der Waals surface area contributed by atoms with Gasteiger partial charge in [-0.25, -0.2) is 0 Å². The van der Waals surface area contributed by atoms with E-state index in [1.54, 1.807) is 43.5 Å². The van der Waals surface area contributed by atoms with Gasteiger partial charge in [-0.2, -0.15) is 0 Å². The highest BCUT2D eigenvalue weighted by Crippen LogP contribution is 2.34. The van der Waals surface area contributed by atoms with Gasteiger partial charge in [-0.1, -0.05) is 18.2 Å². The fraction of sp³-hybridized carbons (Fsp3) is 0.0952. The van der Waals surface area contributed by atoms with Gasteiger partial charge in [0.2, 0.25) is 0 Å². The Kier molecular flexibility index (Phi) is 4.40. The standard InChI is InChI=1S/C21H17NO5/c1-25-18-8-6-14(11-16(18)19-9-7-15(12-23)26-19)22-21(24)20-10-13-4-2-3-5-17(13)27-20/h2-11,23H,12H2,1H3,(H,22,24). The van der Waals surface area contributed by atoms with Crippen molar-refractivity contribution in [1.29, 1.82) is 0 Å². The third-order valence-electron chi connectivity index (χ3n) is 4.19. The third-order valence-corrected chi connectivity index (χ3v) is 4.19. The number of fused-ring (bicyclic) bond motifs is 1. The predicted molar refractivity (Wildman–Crippen MR) is 101 cm³/mol. The SMILES string of the molecule is COc1ccc(NC(=O)c2cc3ccccc3o2)cc1-c1ccc(CO)o1.